The summed E-state index contributed by atoms with van der Waals surface area (Å²) in [5.41, 5.74) is -0.429. The highest BCUT2D eigenvalue weighted by Gasteiger charge is 2.47. The lowest BCUT2D eigenvalue weighted by molar-refractivity contribution is -0.147. The molecule has 1 fully saturated rings. The van der Waals surface area contributed by atoms with Crippen LogP contribution in [0.4, 0.5) is 0 Å². The third kappa shape index (κ3) is 1.77. The van der Waals surface area contributed by atoms with E-state index in [0.29, 0.717) is 23.4 Å². The second-order valence-electron chi connectivity index (χ2n) is 5.10. The SMILES string of the molecule is O=C(O)C1(c2cc3cc(Cl)ccc3cc2O)CCC1. The average molecular weight is 277 g/mol. The van der Waals surface area contributed by atoms with E-state index in [0.717, 1.165) is 17.2 Å². The van der Waals surface area contributed by atoms with E-state index in [2.05, 4.69) is 0 Å². The largest absolute Gasteiger partial charge is 0.508 e. The summed E-state index contributed by atoms with van der Waals surface area (Å²) in [4.78, 5) is 11.5. The lowest BCUT2D eigenvalue weighted by Gasteiger charge is -2.38. The maximum absolute atomic E-state index is 11.5. The Kier molecular flexibility index (Phi) is 2.68. The second-order valence-corrected chi connectivity index (χ2v) is 5.54. The molecule has 3 rings (SSSR count). The van der Waals surface area contributed by atoms with Crippen LogP contribution >= 0.6 is 11.6 Å². The molecule has 0 bridgehead atoms. The van der Waals surface area contributed by atoms with Gasteiger partial charge in [-0.1, -0.05) is 24.1 Å². The predicted molar refractivity (Wildman–Crippen MR) is 73.8 cm³/mol. The average Bonchev–Trinajstić information content (AvgIpc) is 2.28. The van der Waals surface area contributed by atoms with Gasteiger partial charge in [0.2, 0.25) is 0 Å². The van der Waals surface area contributed by atoms with Crippen molar-refractivity contribution in [3.63, 3.8) is 0 Å². The number of aliphatic carboxylic acids is 1. The molecular weight excluding hydrogens is 264 g/mol. The van der Waals surface area contributed by atoms with Crippen LogP contribution < -0.4 is 0 Å². The molecule has 0 heterocycles. The summed E-state index contributed by atoms with van der Waals surface area (Å²) < 4.78 is 0. The number of carboxylic acids is 1. The quantitative estimate of drug-likeness (QED) is 0.879. The van der Waals surface area contributed by atoms with Crippen LogP contribution in [0, 0.1) is 0 Å². The predicted octanol–water partition coefficient (Wildman–Crippen LogP) is 3.71. The van der Waals surface area contributed by atoms with Gasteiger partial charge in [0, 0.05) is 10.6 Å². The summed E-state index contributed by atoms with van der Waals surface area (Å²) in [5.74, 6) is -0.813. The zero-order valence-electron chi connectivity index (χ0n) is 10.2. The van der Waals surface area contributed by atoms with E-state index in [1.165, 1.54) is 0 Å². The fraction of sp³-hybridized carbons (Fsp3) is 0.267. The van der Waals surface area contributed by atoms with Gasteiger partial charge in [-0.15, -0.1) is 0 Å². The topological polar surface area (TPSA) is 57.5 Å². The van der Waals surface area contributed by atoms with Crippen molar-refractivity contribution in [3.8, 4) is 5.75 Å². The third-order valence-electron chi connectivity index (χ3n) is 4.05. The fourth-order valence-corrected chi connectivity index (χ4v) is 2.95. The molecule has 98 valence electrons. The monoisotopic (exact) mass is 276 g/mol. The Morgan fingerprint density at radius 1 is 1.16 bits per heavy atom. The number of aromatic hydroxyl groups is 1. The van der Waals surface area contributed by atoms with Crippen LogP contribution in [0.3, 0.4) is 0 Å². The smallest absolute Gasteiger partial charge is 0.314 e. The minimum Gasteiger partial charge on any atom is -0.508 e. The van der Waals surface area contributed by atoms with Crippen molar-refractivity contribution in [1.82, 2.24) is 0 Å². The van der Waals surface area contributed by atoms with Crippen molar-refractivity contribution in [3.05, 3.63) is 40.9 Å². The highest BCUT2D eigenvalue weighted by molar-refractivity contribution is 6.31. The highest BCUT2D eigenvalue weighted by Crippen LogP contribution is 2.48. The lowest BCUT2D eigenvalue weighted by Crippen LogP contribution is -2.42. The number of phenols is 1. The molecule has 1 aliphatic carbocycles. The van der Waals surface area contributed by atoms with Crippen LogP contribution in [-0.2, 0) is 10.2 Å². The molecule has 0 radical (unpaired) electrons. The van der Waals surface area contributed by atoms with Crippen LogP contribution in [0.2, 0.25) is 5.02 Å². The Hall–Kier alpha value is -1.74. The summed E-state index contributed by atoms with van der Waals surface area (Å²) in [6, 6.07) is 8.72. The van der Waals surface area contributed by atoms with Gasteiger partial charge in [0.05, 0.1) is 5.41 Å². The first-order chi connectivity index (χ1) is 9.03. The van der Waals surface area contributed by atoms with E-state index in [-0.39, 0.29) is 5.75 Å². The normalized spacial score (nSPS) is 17.1. The Morgan fingerprint density at radius 3 is 2.47 bits per heavy atom. The molecule has 0 saturated heterocycles. The zero-order chi connectivity index (χ0) is 13.6. The fourth-order valence-electron chi connectivity index (χ4n) is 2.77. The molecule has 1 aliphatic rings. The van der Waals surface area contributed by atoms with E-state index >= 15 is 0 Å². The van der Waals surface area contributed by atoms with Crippen LogP contribution in [0.15, 0.2) is 30.3 Å². The van der Waals surface area contributed by atoms with E-state index in [1.807, 2.05) is 6.07 Å². The Morgan fingerprint density at radius 2 is 1.89 bits per heavy atom. The number of hydrogen-bond donors (Lipinski definition) is 2. The first-order valence-corrected chi connectivity index (χ1v) is 6.57. The third-order valence-corrected chi connectivity index (χ3v) is 4.28. The summed E-state index contributed by atoms with van der Waals surface area (Å²) in [6.07, 6.45) is 2.02. The van der Waals surface area contributed by atoms with Crippen LogP contribution in [0.25, 0.3) is 10.8 Å². The molecule has 2 aromatic rings. The van der Waals surface area contributed by atoms with Crippen molar-refractivity contribution in [1.29, 1.82) is 0 Å². The summed E-state index contributed by atoms with van der Waals surface area (Å²) >= 11 is 5.96. The van der Waals surface area contributed by atoms with Crippen molar-refractivity contribution in [2.45, 2.75) is 24.7 Å². The van der Waals surface area contributed by atoms with Crippen LogP contribution in [-0.4, -0.2) is 16.2 Å². The summed E-state index contributed by atoms with van der Waals surface area (Å²) in [5, 5.41) is 21.9. The summed E-state index contributed by atoms with van der Waals surface area (Å²) in [6.45, 7) is 0. The van der Waals surface area contributed by atoms with Gasteiger partial charge < -0.3 is 10.2 Å². The lowest BCUT2D eigenvalue weighted by atomic mass is 9.64. The first-order valence-electron chi connectivity index (χ1n) is 6.19. The Balaban J connectivity index is 2.23. The molecule has 0 spiro atoms. The molecule has 2 N–H and O–H groups in total. The van der Waals surface area contributed by atoms with E-state index < -0.39 is 11.4 Å². The second kappa shape index (κ2) is 4.14. The van der Waals surface area contributed by atoms with Gasteiger partial charge in [-0.3, -0.25) is 4.79 Å². The number of rotatable bonds is 2. The molecule has 1 saturated carbocycles. The maximum atomic E-state index is 11.5. The van der Waals surface area contributed by atoms with Gasteiger partial charge in [0.1, 0.15) is 5.75 Å². The zero-order valence-corrected chi connectivity index (χ0v) is 10.9. The molecule has 19 heavy (non-hydrogen) atoms. The number of phenolic OH excluding ortho intramolecular Hbond substituents is 1. The molecule has 4 heteroatoms. The first kappa shape index (κ1) is 12.3. The highest BCUT2D eigenvalue weighted by atomic mass is 35.5. The van der Waals surface area contributed by atoms with Crippen molar-refractivity contribution < 1.29 is 15.0 Å². The molecule has 0 aliphatic heterocycles. The van der Waals surface area contributed by atoms with Crippen LogP contribution in [0.5, 0.6) is 5.75 Å². The molecule has 0 aromatic heterocycles. The Bertz CT molecular complexity index is 674. The minimum atomic E-state index is -0.930. The number of carboxylic acid groups (broad SMARTS) is 1. The number of benzene rings is 2. The van der Waals surface area contributed by atoms with Crippen molar-refractivity contribution >= 4 is 28.3 Å². The molecule has 0 unspecified atom stereocenters. The minimum absolute atomic E-state index is 0.0527. The number of carbonyl (C=O) groups is 1. The number of fused-ring (bicyclic) bond motifs is 1. The van der Waals surface area contributed by atoms with Gasteiger partial charge in [-0.05, 0) is 47.9 Å². The van der Waals surface area contributed by atoms with Gasteiger partial charge >= 0.3 is 5.97 Å². The molecule has 0 atom stereocenters. The number of hydrogen-bond acceptors (Lipinski definition) is 2. The van der Waals surface area contributed by atoms with E-state index in [1.54, 1.807) is 24.3 Å². The summed E-state index contributed by atoms with van der Waals surface area (Å²) in [7, 11) is 0. The molecule has 0 amide bonds. The van der Waals surface area contributed by atoms with E-state index in [9.17, 15) is 15.0 Å². The Labute approximate surface area is 115 Å². The standard InChI is InChI=1S/C15H13ClO3/c16-11-3-2-9-8-13(17)12(7-10(9)6-11)15(14(18)19)4-1-5-15/h2-3,6-8,17H,1,4-5H2,(H,18,19). The molecule has 2 aromatic carbocycles. The maximum Gasteiger partial charge on any atom is 0.314 e. The molecular formula is C15H13ClO3. The van der Waals surface area contributed by atoms with Gasteiger partial charge in [-0.2, -0.15) is 0 Å². The van der Waals surface area contributed by atoms with Gasteiger partial charge in [-0.25, -0.2) is 0 Å². The van der Waals surface area contributed by atoms with E-state index in [4.69, 9.17) is 11.6 Å². The van der Waals surface area contributed by atoms with Gasteiger partial charge in [0.15, 0.2) is 0 Å². The van der Waals surface area contributed by atoms with Crippen molar-refractivity contribution in [2.75, 3.05) is 0 Å². The molecule has 3 nitrogen and oxygen atoms in total. The van der Waals surface area contributed by atoms with Crippen molar-refractivity contribution in [2.24, 2.45) is 0 Å². The van der Waals surface area contributed by atoms with Gasteiger partial charge in [0.25, 0.3) is 0 Å². The van der Waals surface area contributed by atoms with Crippen LogP contribution in [0.1, 0.15) is 24.8 Å². The number of halogens is 1.